The number of hydrogen-bond acceptors (Lipinski definition) is 5. The molecule has 7 heteroatoms. The van der Waals surface area contributed by atoms with Gasteiger partial charge in [-0.2, -0.15) is 0 Å². The highest BCUT2D eigenvalue weighted by molar-refractivity contribution is 6.07. The van der Waals surface area contributed by atoms with Crippen molar-refractivity contribution in [2.45, 2.75) is 26.3 Å². The fourth-order valence-corrected chi connectivity index (χ4v) is 3.14. The van der Waals surface area contributed by atoms with E-state index < -0.39 is 10.5 Å². The molecule has 0 aromatic heterocycles. The van der Waals surface area contributed by atoms with E-state index in [1.54, 1.807) is 18.0 Å². The van der Waals surface area contributed by atoms with Crippen LogP contribution in [0.3, 0.4) is 0 Å². The van der Waals surface area contributed by atoms with Gasteiger partial charge in [0.05, 0.1) is 22.4 Å². The Hall–Kier alpha value is -3.09. The standard InChI is InChI=1S/C19H21N3O4/c1-13-9-10-14(22(24)25)11-17(13)26-12-21-16-8-6-5-7-15(16)20(4)18(23)19(21,2)3/h5-11H,12H2,1-4H3. The van der Waals surface area contributed by atoms with Crippen molar-refractivity contribution < 1.29 is 14.5 Å². The van der Waals surface area contributed by atoms with Crippen LogP contribution in [-0.2, 0) is 4.79 Å². The van der Waals surface area contributed by atoms with Gasteiger partial charge in [0.1, 0.15) is 11.3 Å². The molecule has 26 heavy (non-hydrogen) atoms. The van der Waals surface area contributed by atoms with E-state index in [0.717, 1.165) is 16.9 Å². The zero-order chi connectivity index (χ0) is 19.1. The van der Waals surface area contributed by atoms with Crippen molar-refractivity contribution in [2.75, 3.05) is 23.6 Å². The number of nitro benzene ring substituents is 1. The summed E-state index contributed by atoms with van der Waals surface area (Å²) in [6, 6.07) is 12.1. The summed E-state index contributed by atoms with van der Waals surface area (Å²) in [5, 5.41) is 11.0. The van der Waals surface area contributed by atoms with Gasteiger partial charge in [-0.05, 0) is 44.5 Å². The first-order valence-electron chi connectivity index (χ1n) is 8.26. The van der Waals surface area contributed by atoms with Gasteiger partial charge in [0, 0.05) is 13.1 Å². The SMILES string of the molecule is Cc1ccc([N+](=O)[O-])cc1OCN1c2ccccc2N(C)C(=O)C1(C)C. The van der Waals surface area contributed by atoms with Gasteiger partial charge in [0.25, 0.3) is 11.6 Å². The molecule has 2 aromatic rings. The highest BCUT2D eigenvalue weighted by Gasteiger charge is 2.43. The molecule has 0 unspecified atom stereocenters. The predicted octanol–water partition coefficient (Wildman–Crippen LogP) is 3.50. The maximum atomic E-state index is 12.8. The second kappa shape index (κ2) is 6.33. The van der Waals surface area contributed by atoms with E-state index in [1.807, 2.05) is 49.9 Å². The van der Waals surface area contributed by atoms with Crippen LogP contribution in [0.4, 0.5) is 17.1 Å². The number of hydrogen-bond donors (Lipinski definition) is 0. The van der Waals surface area contributed by atoms with Crippen molar-refractivity contribution in [3.05, 3.63) is 58.1 Å². The summed E-state index contributed by atoms with van der Waals surface area (Å²) >= 11 is 0. The monoisotopic (exact) mass is 355 g/mol. The Bertz CT molecular complexity index is 879. The molecule has 0 saturated heterocycles. The third-order valence-corrected chi connectivity index (χ3v) is 4.77. The fourth-order valence-electron chi connectivity index (χ4n) is 3.14. The predicted molar refractivity (Wildman–Crippen MR) is 99.7 cm³/mol. The smallest absolute Gasteiger partial charge is 0.273 e. The summed E-state index contributed by atoms with van der Waals surface area (Å²) in [4.78, 5) is 26.9. The molecule has 0 aliphatic carbocycles. The Kier molecular flexibility index (Phi) is 4.31. The zero-order valence-electron chi connectivity index (χ0n) is 15.2. The highest BCUT2D eigenvalue weighted by Crippen LogP contribution is 2.39. The van der Waals surface area contributed by atoms with Gasteiger partial charge in [0.2, 0.25) is 0 Å². The van der Waals surface area contributed by atoms with Gasteiger partial charge in [0.15, 0.2) is 6.73 Å². The minimum absolute atomic E-state index is 0.0280. The molecular weight excluding hydrogens is 334 g/mol. The number of aryl methyl sites for hydroxylation is 1. The number of amides is 1. The Morgan fingerprint density at radius 2 is 1.81 bits per heavy atom. The first kappa shape index (κ1) is 17.7. The lowest BCUT2D eigenvalue weighted by molar-refractivity contribution is -0.384. The lowest BCUT2D eigenvalue weighted by Gasteiger charge is -2.46. The highest BCUT2D eigenvalue weighted by atomic mass is 16.6. The Morgan fingerprint density at radius 1 is 1.15 bits per heavy atom. The van der Waals surface area contributed by atoms with Crippen LogP contribution in [0.15, 0.2) is 42.5 Å². The average Bonchev–Trinajstić information content (AvgIpc) is 2.61. The summed E-state index contributed by atoms with van der Waals surface area (Å²) in [5.41, 5.74) is 1.64. The molecule has 1 aliphatic rings. The largest absolute Gasteiger partial charge is 0.473 e. The molecule has 1 heterocycles. The maximum Gasteiger partial charge on any atom is 0.273 e. The van der Waals surface area contributed by atoms with E-state index in [2.05, 4.69) is 0 Å². The second-order valence-electron chi connectivity index (χ2n) is 6.82. The lowest BCUT2D eigenvalue weighted by Crippen LogP contribution is -2.60. The van der Waals surface area contributed by atoms with Crippen molar-refractivity contribution in [3.8, 4) is 5.75 Å². The molecule has 0 fully saturated rings. The summed E-state index contributed by atoms with van der Waals surface area (Å²) < 4.78 is 5.89. The van der Waals surface area contributed by atoms with Crippen LogP contribution in [0, 0.1) is 17.0 Å². The Balaban J connectivity index is 1.94. The molecular formula is C19H21N3O4. The number of rotatable bonds is 4. The van der Waals surface area contributed by atoms with Crippen LogP contribution in [0.5, 0.6) is 5.75 Å². The first-order valence-corrected chi connectivity index (χ1v) is 8.26. The van der Waals surface area contributed by atoms with E-state index in [0.29, 0.717) is 5.75 Å². The van der Waals surface area contributed by atoms with Gasteiger partial charge >= 0.3 is 0 Å². The van der Waals surface area contributed by atoms with Crippen molar-refractivity contribution in [2.24, 2.45) is 0 Å². The van der Waals surface area contributed by atoms with Crippen LogP contribution in [0.2, 0.25) is 0 Å². The maximum absolute atomic E-state index is 12.8. The van der Waals surface area contributed by atoms with E-state index >= 15 is 0 Å². The normalized spacial score (nSPS) is 15.6. The van der Waals surface area contributed by atoms with Gasteiger partial charge in [-0.3, -0.25) is 14.9 Å². The number of fused-ring (bicyclic) bond motifs is 1. The van der Waals surface area contributed by atoms with Crippen molar-refractivity contribution >= 4 is 23.0 Å². The van der Waals surface area contributed by atoms with Crippen LogP contribution in [0.1, 0.15) is 19.4 Å². The molecule has 1 aliphatic heterocycles. The third kappa shape index (κ3) is 2.85. The van der Waals surface area contributed by atoms with Crippen LogP contribution >= 0.6 is 0 Å². The number of non-ortho nitro benzene ring substituents is 1. The summed E-state index contributed by atoms with van der Waals surface area (Å²) in [7, 11) is 1.76. The number of benzene rings is 2. The number of nitro groups is 1. The van der Waals surface area contributed by atoms with E-state index in [1.165, 1.54) is 12.1 Å². The topological polar surface area (TPSA) is 75.9 Å². The molecule has 3 rings (SSSR count). The Labute approximate surface area is 151 Å². The summed E-state index contributed by atoms with van der Waals surface area (Å²) in [6.07, 6.45) is 0. The number of carbonyl (C=O) groups excluding carboxylic acids is 1. The molecule has 0 radical (unpaired) electrons. The van der Waals surface area contributed by atoms with E-state index in [4.69, 9.17) is 4.74 Å². The lowest BCUT2D eigenvalue weighted by atomic mass is 9.96. The third-order valence-electron chi connectivity index (χ3n) is 4.77. The molecule has 136 valence electrons. The molecule has 2 aromatic carbocycles. The van der Waals surface area contributed by atoms with Crippen molar-refractivity contribution in [1.82, 2.24) is 0 Å². The summed E-state index contributed by atoms with van der Waals surface area (Å²) in [5.74, 6) is 0.384. The molecule has 7 nitrogen and oxygen atoms in total. The van der Waals surface area contributed by atoms with E-state index in [-0.39, 0.29) is 18.3 Å². The number of para-hydroxylation sites is 2. The average molecular weight is 355 g/mol. The molecule has 0 atom stereocenters. The molecule has 0 N–H and O–H groups in total. The second-order valence-corrected chi connectivity index (χ2v) is 6.82. The van der Waals surface area contributed by atoms with Crippen LogP contribution in [-0.4, -0.2) is 30.1 Å². The van der Waals surface area contributed by atoms with Crippen LogP contribution in [0.25, 0.3) is 0 Å². The Morgan fingerprint density at radius 3 is 2.46 bits per heavy atom. The van der Waals surface area contributed by atoms with Crippen molar-refractivity contribution in [1.29, 1.82) is 0 Å². The summed E-state index contributed by atoms with van der Waals surface area (Å²) in [6.45, 7) is 5.61. The number of ether oxygens (including phenoxy) is 1. The van der Waals surface area contributed by atoms with Gasteiger partial charge in [-0.15, -0.1) is 0 Å². The molecule has 0 bridgehead atoms. The minimum Gasteiger partial charge on any atom is -0.473 e. The van der Waals surface area contributed by atoms with Crippen LogP contribution < -0.4 is 14.5 Å². The number of carbonyl (C=O) groups is 1. The fraction of sp³-hybridized carbons (Fsp3) is 0.316. The van der Waals surface area contributed by atoms with Gasteiger partial charge in [-0.1, -0.05) is 12.1 Å². The molecule has 0 saturated carbocycles. The number of likely N-dealkylation sites (N-methyl/N-ethyl adjacent to an activating group) is 1. The van der Waals surface area contributed by atoms with Crippen molar-refractivity contribution in [3.63, 3.8) is 0 Å². The minimum atomic E-state index is -0.808. The molecule has 1 amide bonds. The van der Waals surface area contributed by atoms with E-state index in [9.17, 15) is 14.9 Å². The quantitative estimate of drug-likeness (QED) is 0.620. The zero-order valence-corrected chi connectivity index (χ0v) is 15.2. The first-order chi connectivity index (χ1) is 12.2. The number of nitrogens with zero attached hydrogens (tertiary/aromatic N) is 3. The van der Waals surface area contributed by atoms with Gasteiger partial charge in [-0.25, -0.2) is 0 Å². The molecule has 0 spiro atoms. The number of anilines is 2. The van der Waals surface area contributed by atoms with Gasteiger partial charge < -0.3 is 14.5 Å².